The second-order valence-corrected chi connectivity index (χ2v) is 7.33. The van der Waals surface area contributed by atoms with E-state index in [0.29, 0.717) is 23.8 Å². The first-order chi connectivity index (χ1) is 13.4. The molecule has 1 atom stereocenters. The number of nitrogens with zero attached hydrogens (tertiary/aromatic N) is 2. The fraction of sp³-hybridized carbons (Fsp3) is 0.619. The summed E-state index contributed by atoms with van der Waals surface area (Å²) >= 11 is 0. The number of amides is 1. The zero-order valence-electron chi connectivity index (χ0n) is 17.5. The molecule has 0 saturated heterocycles. The van der Waals surface area contributed by atoms with Gasteiger partial charge in [0.05, 0.1) is 33.4 Å². The summed E-state index contributed by atoms with van der Waals surface area (Å²) in [6, 6.07) is 5.66. The molecule has 7 heteroatoms. The topological polar surface area (TPSA) is 83.8 Å². The maximum Gasteiger partial charge on any atom is 0.238 e. The van der Waals surface area contributed by atoms with Crippen molar-refractivity contribution in [3.63, 3.8) is 0 Å². The number of carbonyl (C=O) groups excluding carboxylic acids is 1. The van der Waals surface area contributed by atoms with Gasteiger partial charge in [0.25, 0.3) is 0 Å². The summed E-state index contributed by atoms with van der Waals surface area (Å²) in [6.07, 6.45) is 4.50. The first-order valence-electron chi connectivity index (χ1n) is 9.62. The zero-order valence-corrected chi connectivity index (χ0v) is 17.5. The van der Waals surface area contributed by atoms with Gasteiger partial charge >= 0.3 is 0 Å². The monoisotopic (exact) mass is 389 g/mol. The summed E-state index contributed by atoms with van der Waals surface area (Å²) in [6.45, 7) is 2.33. The number of benzene rings is 1. The van der Waals surface area contributed by atoms with Crippen molar-refractivity contribution in [2.24, 2.45) is 0 Å². The van der Waals surface area contributed by atoms with E-state index in [1.54, 1.807) is 21.3 Å². The van der Waals surface area contributed by atoms with Gasteiger partial charge in [-0.1, -0.05) is 25.3 Å². The number of hydrogen-bond donors (Lipinski definition) is 1. The molecule has 0 unspecified atom stereocenters. The second kappa shape index (κ2) is 9.65. The molecule has 28 heavy (non-hydrogen) atoms. The first kappa shape index (κ1) is 21.8. The first-order valence-corrected chi connectivity index (χ1v) is 9.62. The number of ether oxygens (including phenoxy) is 3. The van der Waals surface area contributed by atoms with E-state index in [0.717, 1.165) is 37.7 Å². The molecule has 7 nitrogen and oxygen atoms in total. The Morgan fingerprint density at radius 3 is 2.36 bits per heavy atom. The molecular weight excluding hydrogens is 358 g/mol. The highest BCUT2D eigenvalue weighted by molar-refractivity contribution is 5.82. The average molecular weight is 389 g/mol. The molecule has 1 amide bonds. The molecule has 1 aliphatic carbocycles. The van der Waals surface area contributed by atoms with Crippen molar-refractivity contribution in [2.75, 3.05) is 28.4 Å². The van der Waals surface area contributed by atoms with Crippen molar-refractivity contribution >= 4 is 5.91 Å². The van der Waals surface area contributed by atoms with Crippen LogP contribution in [0.3, 0.4) is 0 Å². The Hall–Kier alpha value is -2.46. The van der Waals surface area contributed by atoms with Gasteiger partial charge in [0.1, 0.15) is 5.54 Å². The lowest BCUT2D eigenvalue weighted by Crippen LogP contribution is -2.54. The number of likely N-dealkylation sites (N-methyl/N-ethyl adjacent to an activating group) is 1. The van der Waals surface area contributed by atoms with Crippen molar-refractivity contribution in [1.82, 2.24) is 10.2 Å². The standard InChI is InChI=1S/C21H31N3O4/c1-15(20(25)23-21(14-22)11-7-6-8-12-21)24(2)13-16-9-10-17(26-3)19(28-5)18(16)27-4/h9-10,15H,6-8,11-13H2,1-5H3,(H,23,25)/t15-/m1/s1. The Morgan fingerprint density at radius 1 is 1.18 bits per heavy atom. The van der Waals surface area contributed by atoms with E-state index >= 15 is 0 Å². The molecule has 1 aromatic rings. The lowest BCUT2D eigenvalue weighted by Gasteiger charge is -2.34. The van der Waals surface area contributed by atoms with Gasteiger partial charge in [0, 0.05) is 12.1 Å². The highest BCUT2D eigenvalue weighted by atomic mass is 16.5. The van der Waals surface area contributed by atoms with Crippen LogP contribution in [0.5, 0.6) is 17.2 Å². The van der Waals surface area contributed by atoms with E-state index in [-0.39, 0.29) is 5.91 Å². The predicted molar refractivity (Wildman–Crippen MR) is 107 cm³/mol. The lowest BCUT2D eigenvalue weighted by molar-refractivity contribution is -0.127. The lowest BCUT2D eigenvalue weighted by atomic mass is 9.82. The molecule has 1 fully saturated rings. The van der Waals surface area contributed by atoms with Crippen LogP contribution in [0, 0.1) is 11.3 Å². The Kier molecular flexibility index (Phi) is 7.53. The van der Waals surface area contributed by atoms with Crippen molar-refractivity contribution in [3.8, 4) is 23.3 Å². The van der Waals surface area contributed by atoms with Crippen LogP contribution >= 0.6 is 0 Å². The minimum absolute atomic E-state index is 0.134. The molecule has 1 aromatic carbocycles. The van der Waals surface area contributed by atoms with Gasteiger partial charge < -0.3 is 19.5 Å². The third-order valence-corrected chi connectivity index (χ3v) is 5.53. The fourth-order valence-corrected chi connectivity index (χ4v) is 3.65. The highest BCUT2D eigenvalue weighted by Crippen LogP contribution is 2.40. The number of rotatable bonds is 8. The van der Waals surface area contributed by atoms with Gasteiger partial charge in [0.15, 0.2) is 11.5 Å². The largest absolute Gasteiger partial charge is 0.493 e. The summed E-state index contributed by atoms with van der Waals surface area (Å²) in [5, 5.41) is 12.6. The molecule has 0 bridgehead atoms. The Morgan fingerprint density at radius 2 is 1.82 bits per heavy atom. The SMILES string of the molecule is COc1ccc(CN(C)[C@H](C)C(=O)NC2(C#N)CCCCC2)c(OC)c1OC. The third-order valence-electron chi connectivity index (χ3n) is 5.53. The molecule has 1 saturated carbocycles. The van der Waals surface area contributed by atoms with Gasteiger partial charge in [-0.3, -0.25) is 9.69 Å². The Balaban J connectivity index is 2.12. The summed E-state index contributed by atoms with van der Waals surface area (Å²) in [5.41, 5.74) is 0.154. The number of nitriles is 1. The summed E-state index contributed by atoms with van der Waals surface area (Å²) in [5.74, 6) is 1.57. The molecule has 0 radical (unpaired) electrons. The van der Waals surface area contributed by atoms with Crippen LogP contribution < -0.4 is 19.5 Å². The number of carbonyl (C=O) groups is 1. The van der Waals surface area contributed by atoms with Gasteiger partial charge in [-0.05, 0) is 32.9 Å². The number of hydrogen-bond acceptors (Lipinski definition) is 6. The minimum atomic E-state index is -0.731. The maximum atomic E-state index is 12.8. The van der Waals surface area contributed by atoms with Crippen LogP contribution in [0.15, 0.2) is 12.1 Å². The molecule has 0 aliphatic heterocycles. The van der Waals surface area contributed by atoms with Gasteiger partial charge in [0.2, 0.25) is 11.7 Å². The normalized spacial score (nSPS) is 16.8. The van der Waals surface area contributed by atoms with Crippen LogP contribution in [0.25, 0.3) is 0 Å². The van der Waals surface area contributed by atoms with Crippen molar-refractivity contribution in [3.05, 3.63) is 17.7 Å². The van der Waals surface area contributed by atoms with Crippen LogP contribution in [0.1, 0.15) is 44.6 Å². The van der Waals surface area contributed by atoms with Crippen LogP contribution in [-0.2, 0) is 11.3 Å². The maximum absolute atomic E-state index is 12.8. The highest BCUT2D eigenvalue weighted by Gasteiger charge is 2.35. The van der Waals surface area contributed by atoms with E-state index < -0.39 is 11.6 Å². The minimum Gasteiger partial charge on any atom is -0.493 e. The van der Waals surface area contributed by atoms with Crippen LogP contribution in [-0.4, -0.2) is 50.8 Å². The number of methoxy groups -OCH3 is 3. The van der Waals surface area contributed by atoms with E-state index in [4.69, 9.17) is 14.2 Å². The smallest absolute Gasteiger partial charge is 0.238 e. The summed E-state index contributed by atoms with van der Waals surface area (Å²) in [4.78, 5) is 14.7. The molecule has 0 aromatic heterocycles. The second-order valence-electron chi connectivity index (χ2n) is 7.33. The van der Waals surface area contributed by atoms with Crippen molar-refractivity contribution in [2.45, 2.75) is 57.2 Å². The van der Waals surface area contributed by atoms with E-state index in [9.17, 15) is 10.1 Å². The Bertz CT molecular complexity index is 723. The van der Waals surface area contributed by atoms with E-state index in [1.165, 1.54) is 0 Å². The summed E-state index contributed by atoms with van der Waals surface area (Å²) in [7, 11) is 6.60. The van der Waals surface area contributed by atoms with Gasteiger partial charge in [-0.15, -0.1) is 0 Å². The van der Waals surface area contributed by atoms with Gasteiger partial charge in [-0.25, -0.2) is 0 Å². The predicted octanol–water partition coefficient (Wildman–Crippen LogP) is 2.88. The van der Waals surface area contributed by atoms with Gasteiger partial charge in [-0.2, -0.15) is 5.26 Å². The fourth-order valence-electron chi connectivity index (χ4n) is 3.65. The summed E-state index contributed by atoms with van der Waals surface area (Å²) < 4.78 is 16.3. The molecule has 0 spiro atoms. The molecule has 154 valence electrons. The quantitative estimate of drug-likeness (QED) is 0.736. The molecule has 1 N–H and O–H groups in total. The zero-order chi connectivity index (χ0) is 20.7. The molecule has 1 aliphatic rings. The Labute approximate surface area is 167 Å². The number of nitrogens with one attached hydrogen (secondary N) is 1. The molecular formula is C21H31N3O4. The average Bonchev–Trinajstić information content (AvgIpc) is 2.73. The van der Waals surface area contributed by atoms with Crippen LogP contribution in [0.2, 0.25) is 0 Å². The van der Waals surface area contributed by atoms with E-state index in [1.807, 2.05) is 31.0 Å². The van der Waals surface area contributed by atoms with E-state index in [2.05, 4.69) is 11.4 Å². The van der Waals surface area contributed by atoms with Crippen LogP contribution in [0.4, 0.5) is 0 Å². The third kappa shape index (κ3) is 4.68. The van der Waals surface area contributed by atoms with Crippen molar-refractivity contribution < 1.29 is 19.0 Å². The van der Waals surface area contributed by atoms with Crippen molar-refractivity contribution in [1.29, 1.82) is 5.26 Å². The molecule has 2 rings (SSSR count). The molecule has 0 heterocycles.